The van der Waals surface area contributed by atoms with Crippen molar-refractivity contribution in [2.75, 3.05) is 18.1 Å². The average Bonchev–Trinajstić information content (AvgIpc) is 2.50. The van der Waals surface area contributed by atoms with E-state index in [-0.39, 0.29) is 0 Å². The maximum Gasteiger partial charge on any atom is 0.0482 e. The third kappa shape index (κ3) is 4.23. The van der Waals surface area contributed by atoms with Crippen molar-refractivity contribution in [2.24, 2.45) is 0 Å². The summed E-state index contributed by atoms with van der Waals surface area (Å²) < 4.78 is 0. The van der Waals surface area contributed by atoms with Crippen molar-refractivity contribution >= 4 is 11.8 Å². The first-order valence-corrected chi connectivity index (χ1v) is 9.27. The van der Waals surface area contributed by atoms with Crippen molar-refractivity contribution in [3.8, 4) is 0 Å². The molecule has 3 heteroatoms. The zero-order valence-electron chi connectivity index (χ0n) is 12.9. The Balaban J connectivity index is 2.07. The highest BCUT2D eigenvalue weighted by molar-refractivity contribution is 7.99. The van der Waals surface area contributed by atoms with Crippen molar-refractivity contribution in [3.05, 3.63) is 29.6 Å². The summed E-state index contributed by atoms with van der Waals surface area (Å²) >= 11 is 2.09. The van der Waals surface area contributed by atoms with E-state index in [1.165, 1.54) is 54.9 Å². The van der Waals surface area contributed by atoms with Crippen molar-refractivity contribution in [3.63, 3.8) is 0 Å². The van der Waals surface area contributed by atoms with Crippen LogP contribution in [0.3, 0.4) is 0 Å². The first-order chi connectivity index (χ1) is 9.86. The molecule has 0 bridgehead atoms. The third-order valence-corrected chi connectivity index (χ3v) is 5.32. The van der Waals surface area contributed by atoms with Crippen LogP contribution in [0.2, 0.25) is 0 Å². The van der Waals surface area contributed by atoms with Gasteiger partial charge < -0.3 is 5.32 Å². The molecule has 2 atom stereocenters. The van der Waals surface area contributed by atoms with Crippen LogP contribution in [0, 0.1) is 0 Å². The number of hydrogen-bond donors (Lipinski definition) is 1. The summed E-state index contributed by atoms with van der Waals surface area (Å²) in [6.45, 7) is 5.63. The molecule has 0 aliphatic heterocycles. The fourth-order valence-corrected chi connectivity index (χ4v) is 4.10. The van der Waals surface area contributed by atoms with Gasteiger partial charge in [0.1, 0.15) is 0 Å². The van der Waals surface area contributed by atoms with Gasteiger partial charge in [0, 0.05) is 29.6 Å². The zero-order chi connectivity index (χ0) is 14.2. The van der Waals surface area contributed by atoms with Gasteiger partial charge in [-0.2, -0.15) is 11.8 Å². The van der Waals surface area contributed by atoms with Crippen LogP contribution in [0.4, 0.5) is 0 Å². The number of pyridine rings is 1. The summed E-state index contributed by atoms with van der Waals surface area (Å²) in [6, 6.07) is 4.94. The van der Waals surface area contributed by atoms with Gasteiger partial charge >= 0.3 is 0 Å². The summed E-state index contributed by atoms with van der Waals surface area (Å²) in [5, 5.41) is 3.78. The van der Waals surface area contributed by atoms with Gasteiger partial charge in [-0.1, -0.05) is 19.9 Å². The van der Waals surface area contributed by atoms with Crippen LogP contribution in [0.1, 0.15) is 56.7 Å². The van der Waals surface area contributed by atoms with Gasteiger partial charge in [0.25, 0.3) is 0 Å². The molecule has 112 valence electrons. The standard InChI is InChI=1S/C17H28N2S/c1-3-10-18-16(13-20-12-4-2)15-9-5-7-14-8-6-11-19-17(14)15/h6,8,11,15-16,18H,3-5,7,9-10,12-13H2,1-2H3. The van der Waals surface area contributed by atoms with Gasteiger partial charge in [-0.25, -0.2) is 0 Å². The van der Waals surface area contributed by atoms with Crippen molar-refractivity contribution in [2.45, 2.75) is 57.9 Å². The van der Waals surface area contributed by atoms with E-state index in [0.29, 0.717) is 12.0 Å². The van der Waals surface area contributed by atoms with E-state index in [4.69, 9.17) is 4.98 Å². The summed E-state index contributed by atoms with van der Waals surface area (Å²) in [7, 11) is 0. The minimum Gasteiger partial charge on any atom is -0.312 e. The van der Waals surface area contributed by atoms with E-state index in [0.717, 1.165) is 6.54 Å². The Morgan fingerprint density at radius 3 is 3.10 bits per heavy atom. The third-order valence-electron chi connectivity index (χ3n) is 4.03. The number of hydrogen-bond acceptors (Lipinski definition) is 3. The molecular weight excluding hydrogens is 264 g/mol. The zero-order valence-corrected chi connectivity index (χ0v) is 13.7. The lowest BCUT2D eigenvalue weighted by Gasteiger charge is -2.32. The van der Waals surface area contributed by atoms with Gasteiger partial charge in [-0.15, -0.1) is 0 Å². The largest absolute Gasteiger partial charge is 0.312 e. The average molecular weight is 292 g/mol. The molecule has 0 saturated heterocycles. The van der Waals surface area contributed by atoms with Crippen LogP contribution >= 0.6 is 11.8 Å². The van der Waals surface area contributed by atoms with E-state index in [2.05, 4.69) is 43.1 Å². The van der Waals surface area contributed by atoms with E-state index in [1.807, 2.05) is 6.20 Å². The van der Waals surface area contributed by atoms with Crippen LogP contribution in [-0.2, 0) is 6.42 Å². The van der Waals surface area contributed by atoms with Crippen LogP contribution < -0.4 is 5.32 Å². The number of fused-ring (bicyclic) bond motifs is 1. The highest BCUT2D eigenvalue weighted by atomic mass is 32.2. The van der Waals surface area contributed by atoms with Gasteiger partial charge in [0.2, 0.25) is 0 Å². The first kappa shape index (κ1) is 15.8. The molecule has 2 nitrogen and oxygen atoms in total. The predicted molar refractivity (Wildman–Crippen MR) is 89.6 cm³/mol. The quantitative estimate of drug-likeness (QED) is 0.733. The number of rotatable bonds is 8. The Morgan fingerprint density at radius 1 is 1.40 bits per heavy atom. The summed E-state index contributed by atoms with van der Waals surface area (Å²) in [4.78, 5) is 4.71. The number of nitrogens with one attached hydrogen (secondary N) is 1. The molecule has 1 aliphatic carbocycles. The van der Waals surface area contributed by atoms with E-state index < -0.39 is 0 Å². The van der Waals surface area contributed by atoms with Crippen molar-refractivity contribution < 1.29 is 0 Å². The molecule has 2 rings (SSSR count). The van der Waals surface area contributed by atoms with Gasteiger partial charge in [0.05, 0.1) is 0 Å². The topological polar surface area (TPSA) is 24.9 Å². The molecule has 1 N–H and O–H groups in total. The Hall–Kier alpha value is -0.540. The van der Waals surface area contributed by atoms with E-state index >= 15 is 0 Å². The lowest BCUT2D eigenvalue weighted by Crippen LogP contribution is -2.39. The Labute approximate surface area is 128 Å². The molecule has 1 heterocycles. The minimum absolute atomic E-state index is 0.584. The second-order valence-corrected chi connectivity index (χ2v) is 6.83. The van der Waals surface area contributed by atoms with Crippen LogP contribution in [0.15, 0.2) is 18.3 Å². The molecule has 0 radical (unpaired) electrons. The molecule has 0 fully saturated rings. The summed E-state index contributed by atoms with van der Waals surface area (Å²) in [6.07, 6.45) is 8.25. The molecule has 1 aromatic heterocycles. The number of thioether (sulfide) groups is 1. The lowest BCUT2D eigenvalue weighted by atomic mass is 9.82. The van der Waals surface area contributed by atoms with Crippen LogP contribution in [-0.4, -0.2) is 29.1 Å². The molecule has 20 heavy (non-hydrogen) atoms. The number of aryl methyl sites for hydroxylation is 1. The van der Waals surface area contributed by atoms with E-state index in [1.54, 1.807) is 0 Å². The molecular formula is C17H28N2S. The molecule has 0 amide bonds. The summed E-state index contributed by atoms with van der Waals surface area (Å²) in [5.41, 5.74) is 2.84. The molecule has 0 aromatic carbocycles. The molecule has 2 unspecified atom stereocenters. The first-order valence-electron chi connectivity index (χ1n) is 8.11. The fraction of sp³-hybridized carbons (Fsp3) is 0.706. The van der Waals surface area contributed by atoms with Crippen molar-refractivity contribution in [1.29, 1.82) is 0 Å². The second-order valence-electron chi connectivity index (χ2n) is 5.68. The molecule has 1 aliphatic rings. The maximum absolute atomic E-state index is 4.71. The van der Waals surface area contributed by atoms with Crippen molar-refractivity contribution in [1.82, 2.24) is 10.3 Å². The normalized spacial score (nSPS) is 19.6. The molecule has 0 saturated carbocycles. The van der Waals surface area contributed by atoms with Crippen LogP contribution in [0.5, 0.6) is 0 Å². The Morgan fingerprint density at radius 2 is 2.30 bits per heavy atom. The van der Waals surface area contributed by atoms with Crippen LogP contribution in [0.25, 0.3) is 0 Å². The second kappa shape index (κ2) is 8.68. The highest BCUT2D eigenvalue weighted by Crippen LogP contribution is 2.33. The van der Waals surface area contributed by atoms with Gasteiger partial charge in [0.15, 0.2) is 0 Å². The maximum atomic E-state index is 4.71. The number of nitrogens with zero attached hydrogens (tertiary/aromatic N) is 1. The highest BCUT2D eigenvalue weighted by Gasteiger charge is 2.28. The Kier molecular flexibility index (Phi) is 6.88. The number of aromatic nitrogens is 1. The Bertz CT molecular complexity index is 394. The predicted octanol–water partition coefficient (Wildman–Crippen LogP) is 4.01. The molecule has 0 spiro atoms. The van der Waals surface area contributed by atoms with Gasteiger partial charge in [-0.05, 0) is 56.0 Å². The molecule has 1 aromatic rings. The smallest absolute Gasteiger partial charge is 0.0482 e. The fourth-order valence-electron chi connectivity index (χ4n) is 3.04. The monoisotopic (exact) mass is 292 g/mol. The lowest BCUT2D eigenvalue weighted by molar-refractivity contribution is 0.411. The summed E-state index contributed by atoms with van der Waals surface area (Å²) in [5.74, 6) is 3.09. The van der Waals surface area contributed by atoms with E-state index in [9.17, 15) is 0 Å². The van der Waals surface area contributed by atoms with Gasteiger partial charge in [-0.3, -0.25) is 4.98 Å². The minimum atomic E-state index is 0.584. The SMILES string of the molecule is CCCNC(CSCCC)C1CCCc2cccnc21.